The van der Waals surface area contributed by atoms with Crippen molar-refractivity contribution in [2.45, 2.75) is 17.9 Å². The fourth-order valence-corrected chi connectivity index (χ4v) is 5.62. The van der Waals surface area contributed by atoms with Crippen molar-refractivity contribution in [2.24, 2.45) is 0 Å². The molecule has 2 aromatic carbocycles. The van der Waals surface area contributed by atoms with Crippen LogP contribution in [-0.4, -0.2) is 38.9 Å². The van der Waals surface area contributed by atoms with Gasteiger partial charge in [-0.25, -0.2) is 8.42 Å². The largest absolute Gasteiger partial charge is 0.327 e. The Morgan fingerprint density at radius 3 is 2.21 bits per heavy atom. The number of hydrogen-bond acceptors (Lipinski definition) is 2. The fraction of sp³-hybridized carbons (Fsp3) is 0.333. The molecule has 128 valence electrons. The van der Waals surface area contributed by atoms with Crippen LogP contribution >= 0.6 is 15.9 Å². The second-order valence-electron chi connectivity index (χ2n) is 6.13. The number of piperazine rings is 1. The van der Waals surface area contributed by atoms with Crippen molar-refractivity contribution in [2.75, 3.05) is 26.2 Å². The molecule has 0 bridgehead atoms. The van der Waals surface area contributed by atoms with Gasteiger partial charge in [0.25, 0.3) is 0 Å². The first-order valence-electron chi connectivity index (χ1n) is 8.14. The molecule has 0 aliphatic carbocycles. The average molecular weight is 410 g/mol. The third-order valence-electron chi connectivity index (χ3n) is 4.73. The SMILES string of the molecule is C[C@H](c1ccccc1)[NH+]1CCN(S(=O)(=O)c2ccccc2Br)CC1. The van der Waals surface area contributed by atoms with Crippen LogP contribution in [0.25, 0.3) is 0 Å². The Morgan fingerprint density at radius 1 is 1.00 bits per heavy atom. The Bertz CT molecular complexity index is 788. The van der Waals surface area contributed by atoms with Gasteiger partial charge in [0.2, 0.25) is 10.0 Å². The molecule has 24 heavy (non-hydrogen) atoms. The van der Waals surface area contributed by atoms with Crippen LogP contribution in [0.3, 0.4) is 0 Å². The van der Waals surface area contributed by atoms with Crippen LogP contribution in [-0.2, 0) is 10.0 Å². The second-order valence-corrected chi connectivity index (χ2v) is 8.89. The summed E-state index contributed by atoms with van der Waals surface area (Å²) in [6.07, 6.45) is 0. The minimum Gasteiger partial charge on any atom is -0.327 e. The summed E-state index contributed by atoms with van der Waals surface area (Å²) in [5, 5.41) is 0. The summed E-state index contributed by atoms with van der Waals surface area (Å²) in [7, 11) is -3.43. The molecule has 1 saturated heterocycles. The number of halogens is 1. The minimum atomic E-state index is -3.43. The van der Waals surface area contributed by atoms with Crippen LogP contribution in [0.2, 0.25) is 0 Å². The number of nitrogens with one attached hydrogen (secondary N) is 1. The van der Waals surface area contributed by atoms with Gasteiger partial charge >= 0.3 is 0 Å². The molecule has 0 saturated carbocycles. The zero-order valence-corrected chi connectivity index (χ0v) is 16.1. The van der Waals surface area contributed by atoms with Gasteiger partial charge in [0.05, 0.1) is 31.1 Å². The molecule has 4 nitrogen and oxygen atoms in total. The average Bonchev–Trinajstić information content (AvgIpc) is 2.62. The molecule has 1 N–H and O–H groups in total. The van der Waals surface area contributed by atoms with Crippen molar-refractivity contribution < 1.29 is 13.3 Å². The molecule has 0 amide bonds. The molecule has 2 aromatic rings. The van der Waals surface area contributed by atoms with E-state index < -0.39 is 10.0 Å². The van der Waals surface area contributed by atoms with E-state index in [4.69, 9.17) is 0 Å². The Balaban J connectivity index is 1.70. The van der Waals surface area contributed by atoms with Crippen LogP contribution in [0.1, 0.15) is 18.5 Å². The minimum absolute atomic E-state index is 0.351. The van der Waals surface area contributed by atoms with Crippen molar-refractivity contribution in [3.63, 3.8) is 0 Å². The highest BCUT2D eigenvalue weighted by Crippen LogP contribution is 2.24. The fourth-order valence-electron chi connectivity index (χ4n) is 3.22. The third kappa shape index (κ3) is 3.57. The molecular formula is C18H22BrN2O2S+. The normalized spacial score (nSPS) is 18.4. The molecule has 1 aliphatic rings. The molecule has 0 aromatic heterocycles. The van der Waals surface area contributed by atoms with E-state index in [9.17, 15) is 8.42 Å². The zero-order valence-electron chi connectivity index (χ0n) is 13.7. The first-order valence-corrected chi connectivity index (χ1v) is 10.4. The highest BCUT2D eigenvalue weighted by atomic mass is 79.9. The lowest BCUT2D eigenvalue weighted by molar-refractivity contribution is -0.933. The summed E-state index contributed by atoms with van der Waals surface area (Å²) >= 11 is 3.35. The van der Waals surface area contributed by atoms with Gasteiger partial charge in [-0.2, -0.15) is 4.31 Å². The smallest absolute Gasteiger partial charge is 0.244 e. The number of nitrogens with zero attached hydrogens (tertiary/aromatic N) is 1. The number of rotatable bonds is 4. The van der Waals surface area contributed by atoms with Gasteiger partial charge in [0, 0.05) is 10.0 Å². The number of quaternary nitrogens is 1. The lowest BCUT2D eigenvalue weighted by Crippen LogP contribution is -3.14. The molecule has 0 spiro atoms. The van der Waals surface area contributed by atoms with E-state index in [2.05, 4.69) is 47.1 Å². The van der Waals surface area contributed by atoms with E-state index in [1.54, 1.807) is 22.5 Å². The van der Waals surface area contributed by atoms with Crippen molar-refractivity contribution in [3.8, 4) is 0 Å². The predicted molar refractivity (Wildman–Crippen MR) is 98.5 cm³/mol. The molecule has 1 aliphatic heterocycles. The summed E-state index contributed by atoms with van der Waals surface area (Å²) in [5.41, 5.74) is 1.30. The van der Waals surface area contributed by atoms with Crippen LogP contribution in [0.15, 0.2) is 64.0 Å². The summed E-state index contributed by atoms with van der Waals surface area (Å²) in [6, 6.07) is 17.8. The van der Waals surface area contributed by atoms with Crippen molar-refractivity contribution in [3.05, 3.63) is 64.6 Å². The van der Waals surface area contributed by atoms with E-state index in [0.29, 0.717) is 28.5 Å². The van der Waals surface area contributed by atoms with Gasteiger partial charge in [-0.3, -0.25) is 0 Å². The highest BCUT2D eigenvalue weighted by molar-refractivity contribution is 9.10. The Morgan fingerprint density at radius 2 is 1.58 bits per heavy atom. The molecule has 1 fully saturated rings. The summed E-state index contributed by atoms with van der Waals surface area (Å²) in [5.74, 6) is 0. The van der Waals surface area contributed by atoms with Gasteiger partial charge in [-0.1, -0.05) is 42.5 Å². The van der Waals surface area contributed by atoms with Crippen LogP contribution in [0.4, 0.5) is 0 Å². The van der Waals surface area contributed by atoms with E-state index in [1.165, 1.54) is 10.5 Å². The maximum absolute atomic E-state index is 12.8. The molecule has 0 unspecified atom stereocenters. The van der Waals surface area contributed by atoms with E-state index in [-0.39, 0.29) is 0 Å². The number of hydrogen-bond donors (Lipinski definition) is 1. The maximum Gasteiger partial charge on any atom is 0.244 e. The summed E-state index contributed by atoms with van der Waals surface area (Å²) in [6.45, 7) is 4.95. The monoisotopic (exact) mass is 409 g/mol. The molecule has 0 radical (unpaired) electrons. The molecule has 1 heterocycles. The first kappa shape index (κ1) is 17.6. The van der Waals surface area contributed by atoms with Crippen LogP contribution in [0.5, 0.6) is 0 Å². The van der Waals surface area contributed by atoms with Crippen LogP contribution < -0.4 is 4.90 Å². The Hall–Kier alpha value is -1.21. The molecular weight excluding hydrogens is 388 g/mol. The predicted octanol–water partition coefficient (Wildman–Crippen LogP) is 2.10. The van der Waals surface area contributed by atoms with E-state index >= 15 is 0 Å². The molecule has 3 rings (SSSR count). The van der Waals surface area contributed by atoms with Gasteiger partial charge in [0.1, 0.15) is 6.04 Å². The highest BCUT2D eigenvalue weighted by Gasteiger charge is 2.33. The summed E-state index contributed by atoms with van der Waals surface area (Å²) < 4.78 is 27.9. The van der Waals surface area contributed by atoms with E-state index in [0.717, 1.165) is 13.1 Å². The number of benzene rings is 2. The lowest BCUT2D eigenvalue weighted by atomic mass is 10.1. The Kier molecular flexibility index (Phi) is 5.39. The lowest BCUT2D eigenvalue weighted by Gasteiger charge is -2.35. The molecule has 6 heteroatoms. The Labute approximate surface area is 152 Å². The maximum atomic E-state index is 12.8. The van der Waals surface area contributed by atoms with Crippen molar-refractivity contribution in [1.29, 1.82) is 0 Å². The first-order chi connectivity index (χ1) is 11.5. The summed E-state index contributed by atoms with van der Waals surface area (Å²) in [4.78, 5) is 1.78. The quantitative estimate of drug-likeness (QED) is 0.839. The topological polar surface area (TPSA) is 41.8 Å². The zero-order chi connectivity index (χ0) is 17.2. The second kappa shape index (κ2) is 7.35. The van der Waals surface area contributed by atoms with Gasteiger partial charge in [-0.15, -0.1) is 0 Å². The van der Waals surface area contributed by atoms with Crippen LogP contribution in [0, 0.1) is 0 Å². The van der Waals surface area contributed by atoms with Crippen molar-refractivity contribution >= 4 is 26.0 Å². The van der Waals surface area contributed by atoms with Gasteiger partial charge in [-0.05, 0) is 35.0 Å². The molecule has 1 atom stereocenters. The van der Waals surface area contributed by atoms with Crippen molar-refractivity contribution in [1.82, 2.24) is 4.31 Å². The van der Waals surface area contributed by atoms with E-state index in [1.807, 2.05) is 12.1 Å². The standard InChI is InChI=1S/C18H21BrN2O2S/c1-15(16-7-3-2-4-8-16)20-11-13-21(14-12-20)24(22,23)18-10-6-5-9-17(18)19/h2-10,15H,11-14H2,1H3/p+1/t15-/m1/s1. The number of sulfonamides is 1. The van der Waals surface area contributed by atoms with Gasteiger partial charge in [0.15, 0.2) is 0 Å². The third-order valence-corrected chi connectivity index (χ3v) is 7.64. The van der Waals surface area contributed by atoms with Gasteiger partial charge < -0.3 is 4.90 Å².